The van der Waals surface area contributed by atoms with Gasteiger partial charge >= 0.3 is 0 Å². The van der Waals surface area contributed by atoms with E-state index in [9.17, 15) is 4.79 Å². The van der Waals surface area contributed by atoms with Gasteiger partial charge in [0.15, 0.2) is 5.82 Å². The third-order valence-corrected chi connectivity index (χ3v) is 5.36. The lowest BCUT2D eigenvalue weighted by atomic mass is 10.1. The van der Waals surface area contributed by atoms with E-state index in [1.807, 2.05) is 24.3 Å². The Balaban J connectivity index is 1.40. The van der Waals surface area contributed by atoms with Crippen LogP contribution >= 0.6 is 0 Å². The van der Waals surface area contributed by atoms with Gasteiger partial charge in [-0.05, 0) is 30.7 Å². The summed E-state index contributed by atoms with van der Waals surface area (Å²) in [6, 6.07) is 11.1. The minimum absolute atomic E-state index is 0.147. The summed E-state index contributed by atoms with van der Waals surface area (Å²) in [6.45, 7) is 3.49. The summed E-state index contributed by atoms with van der Waals surface area (Å²) in [6.07, 6.45) is 2.91. The Kier molecular flexibility index (Phi) is 5.20. The Labute approximate surface area is 183 Å². The van der Waals surface area contributed by atoms with Crippen molar-refractivity contribution in [3.05, 3.63) is 70.7 Å². The molecule has 0 aliphatic carbocycles. The summed E-state index contributed by atoms with van der Waals surface area (Å²) < 4.78 is 12.8. The molecule has 1 aliphatic heterocycles. The van der Waals surface area contributed by atoms with Crippen molar-refractivity contribution in [1.82, 2.24) is 29.7 Å². The molecular formula is C22H21N7O3. The van der Waals surface area contributed by atoms with E-state index in [2.05, 4.69) is 25.0 Å². The van der Waals surface area contributed by atoms with E-state index in [4.69, 9.17) is 14.2 Å². The summed E-state index contributed by atoms with van der Waals surface area (Å²) in [5.41, 5.74) is 2.85. The Morgan fingerprint density at radius 3 is 2.66 bits per heavy atom. The second-order valence-electron chi connectivity index (χ2n) is 7.51. The average molecular weight is 431 g/mol. The van der Waals surface area contributed by atoms with Crippen LogP contribution in [-0.4, -0.2) is 49.4 Å². The van der Waals surface area contributed by atoms with Crippen molar-refractivity contribution >= 4 is 5.95 Å². The van der Waals surface area contributed by atoms with Gasteiger partial charge in [0, 0.05) is 31.4 Å². The number of rotatable bonds is 4. The second kappa shape index (κ2) is 8.31. The van der Waals surface area contributed by atoms with E-state index >= 15 is 0 Å². The van der Waals surface area contributed by atoms with Crippen LogP contribution in [0.2, 0.25) is 0 Å². The first-order chi connectivity index (χ1) is 15.6. The van der Waals surface area contributed by atoms with Gasteiger partial charge in [-0.3, -0.25) is 9.36 Å². The highest BCUT2D eigenvalue weighted by Gasteiger charge is 2.25. The van der Waals surface area contributed by atoms with E-state index in [0.29, 0.717) is 48.7 Å². The van der Waals surface area contributed by atoms with E-state index in [-0.39, 0.29) is 11.7 Å². The van der Waals surface area contributed by atoms with Crippen LogP contribution in [-0.2, 0) is 11.8 Å². The number of morpholine rings is 1. The summed E-state index contributed by atoms with van der Waals surface area (Å²) in [7, 11) is 1.72. The molecule has 0 unspecified atom stereocenters. The number of aromatic nitrogens is 6. The average Bonchev–Trinajstić information content (AvgIpc) is 3.28. The van der Waals surface area contributed by atoms with E-state index in [0.717, 1.165) is 11.1 Å². The molecule has 10 nitrogen and oxygen atoms in total. The molecule has 1 aliphatic rings. The van der Waals surface area contributed by atoms with Gasteiger partial charge in [0.25, 0.3) is 11.4 Å². The van der Waals surface area contributed by atoms with Crippen molar-refractivity contribution in [3.8, 4) is 22.8 Å². The zero-order valence-corrected chi connectivity index (χ0v) is 17.7. The Morgan fingerprint density at radius 2 is 1.94 bits per heavy atom. The minimum Gasteiger partial charge on any atom is -0.370 e. The molecule has 1 saturated heterocycles. The van der Waals surface area contributed by atoms with E-state index in [1.54, 1.807) is 30.8 Å². The number of hydrogen-bond donors (Lipinski definition) is 0. The smallest absolute Gasteiger partial charge is 0.257 e. The Bertz CT molecular complexity index is 1290. The van der Waals surface area contributed by atoms with Crippen molar-refractivity contribution in [2.75, 3.05) is 24.6 Å². The van der Waals surface area contributed by atoms with Crippen LogP contribution in [0.15, 0.2) is 58.2 Å². The lowest BCUT2D eigenvalue weighted by Gasteiger charge is -2.34. The maximum absolute atomic E-state index is 12.6. The van der Waals surface area contributed by atoms with Gasteiger partial charge in [0.05, 0.1) is 24.5 Å². The molecule has 0 bridgehead atoms. The number of ether oxygens (including phenoxy) is 1. The molecule has 5 rings (SSSR count). The zero-order valence-electron chi connectivity index (χ0n) is 17.7. The largest absolute Gasteiger partial charge is 0.370 e. The predicted octanol–water partition coefficient (Wildman–Crippen LogP) is 2.17. The van der Waals surface area contributed by atoms with Gasteiger partial charge < -0.3 is 14.2 Å². The number of anilines is 1. The third kappa shape index (κ3) is 3.87. The van der Waals surface area contributed by atoms with Gasteiger partial charge in [-0.2, -0.15) is 4.98 Å². The van der Waals surface area contributed by atoms with Crippen LogP contribution < -0.4 is 10.5 Å². The van der Waals surface area contributed by atoms with Crippen LogP contribution in [0.1, 0.15) is 17.5 Å². The molecule has 162 valence electrons. The van der Waals surface area contributed by atoms with Crippen molar-refractivity contribution in [2.24, 2.45) is 7.05 Å². The van der Waals surface area contributed by atoms with Gasteiger partial charge in [-0.25, -0.2) is 15.0 Å². The lowest BCUT2D eigenvalue weighted by molar-refractivity contribution is 0.0390. The first-order valence-corrected chi connectivity index (χ1v) is 10.2. The number of benzene rings is 1. The first kappa shape index (κ1) is 20.0. The van der Waals surface area contributed by atoms with Gasteiger partial charge in [-0.1, -0.05) is 17.3 Å². The number of nitrogens with zero attached hydrogens (tertiary/aromatic N) is 7. The molecular weight excluding hydrogens is 410 g/mol. The molecule has 3 aromatic heterocycles. The normalized spacial score (nSPS) is 16.3. The van der Waals surface area contributed by atoms with Crippen molar-refractivity contribution in [3.63, 3.8) is 0 Å². The highest BCUT2D eigenvalue weighted by molar-refractivity contribution is 5.56. The van der Waals surface area contributed by atoms with Gasteiger partial charge in [0.2, 0.25) is 5.95 Å². The zero-order chi connectivity index (χ0) is 22.1. The van der Waals surface area contributed by atoms with Gasteiger partial charge in [-0.15, -0.1) is 0 Å². The van der Waals surface area contributed by atoms with Crippen molar-refractivity contribution in [1.29, 1.82) is 0 Å². The molecule has 1 fully saturated rings. The first-order valence-electron chi connectivity index (χ1n) is 10.2. The molecule has 0 saturated carbocycles. The molecule has 0 spiro atoms. The van der Waals surface area contributed by atoms with Gasteiger partial charge in [0.1, 0.15) is 12.4 Å². The molecule has 0 amide bonds. The quantitative estimate of drug-likeness (QED) is 0.480. The SMILES string of the molecule is Cc1noc(-c2ccc([C@H]3CN(c4nc(-c5ccncn5)cc(=O)n4C)CCO3)cc2)n1. The van der Waals surface area contributed by atoms with E-state index < -0.39 is 0 Å². The Hall–Kier alpha value is -3.92. The van der Waals surface area contributed by atoms with Crippen LogP contribution in [0.4, 0.5) is 5.95 Å². The van der Waals surface area contributed by atoms with Crippen LogP contribution in [0.25, 0.3) is 22.8 Å². The molecule has 32 heavy (non-hydrogen) atoms. The molecule has 10 heteroatoms. The molecule has 4 aromatic rings. The molecule has 1 aromatic carbocycles. The summed E-state index contributed by atoms with van der Waals surface area (Å²) in [5.74, 6) is 1.66. The van der Waals surface area contributed by atoms with E-state index in [1.165, 1.54) is 12.4 Å². The van der Waals surface area contributed by atoms with Crippen LogP contribution in [0, 0.1) is 6.92 Å². The number of aryl methyl sites for hydroxylation is 1. The number of hydrogen-bond acceptors (Lipinski definition) is 9. The van der Waals surface area contributed by atoms with Crippen molar-refractivity contribution < 1.29 is 9.26 Å². The standard InChI is InChI=1S/C22H21N7O3/c1-14-25-21(32-27-14)16-5-3-15(4-6-16)19-12-29(9-10-31-19)22-26-18(11-20(30)28(22)2)17-7-8-23-13-24-17/h3-8,11,13,19H,9-10,12H2,1-2H3/t19-/m1/s1. The minimum atomic E-state index is -0.165. The van der Waals surface area contributed by atoms with Crippen LogP contribution in [0.5, 0.6) is 0 Å². The van der Waals surface area contributed by atoms with Crippen LogP contribution in [0.3, 0.4) is 0 Å². The Morgan fingerprint density at radius 1 is 1.09 bits per heavy atom. The summed E-state index contributed by atoms with van der Waals surface area (Å²) in [5, 5.41) is 3.83. The maximum Gasteiger partial charge on any atom is 0.257 e. The molecule has 4 heterocycles. The third-order valence-electron chi connectivity index (χ3n) is 5.36. The fourth-order valence-corrected chi connectivity index (χ4v) is 3.67. The summed E-state index contributed by atoms with van der Waals surface area (Å²) in [4.78, 5) is 31.8. The predicted molar refractivity (Wildman–Crippen MR) is 116 cm³/mol. The monoisotopic (exact) mass is 431 g/mol. The lowest BCUT2D eigenvalue weighted by Crippen LogP contribution is -2.41. The second-order valence-corrected chi connectivity index (χ2v) is 7.51. The molecule has 1 atom stereocenters. The highest BCUT2D eigenvalue weighted by atomic mass is 16.5. The fourth-order valence-electron chi connectivity index (χ4n) is 3.67. The fraction of sp³-hybridized carbons (Fsp3) is 0.273. The highest BCUT2D eigenvalue weighted by Crippen LogP contribution is 2.27. The maximum atomic E-state index is 12.6. The van der Waals surface area contributed by atoms with Crippen molar-refractivity contribution in [2.45, 2.75) is 13.0 Å². The molecule has 0 N–H and O–H groups in total. The summed E-state index contributed by atoms with van der Waals surface area (Å²) >= 11 is 0. The molecule has 0 radical (unpaired) electrons. The topological polar surface area (TPSA) is 112 Å².